The molecule has 0 aliphatic carbocycles. The van der Waals surface area contributed by atoms with Gasteiger partial charge in [-0.3, -0.25) is 9.51 Å². The van der Waals surface area contributed by atoms with E-state index in [4.69, 9.17) is 16.0 Å². The molecule has 0 bridgehead atoms. The zero-order valence-electron chi connectivity index (χ0n) is 10.9. The number of benzene rings is 1. The minimum absolute atomic E-state index is 0.240. The third kappa shape index (κ3) is 2.08. The van der Waals surface area contributed by atoms with Gasteiger partial charge in [0.1, 0.15) is 12.0 Å². The Balaban J connectivity index is 1.86. The maximum Gasteiger partial charge on any atom is 0.439 e. The lowest BCUT2D eigenvalue weighted by Gasteiger charge is -2.03. The number of fused-ring (bicyclic) bond motifs is 1. The van der Waals surface area contributed by atoms with Gasteiger partial charge in [0, 0.05) is 10.9 Å². The maximum absolute atomic E-state index is 11.0. The molecule has 8 heteroatoms. The first-order valence-corrected chi connectivity index (χ1v) is 6.64. The Hall–Kier alpha value is -2.93. The van der Waals surface area contributed by atoms with Crippen molar-refractivity contribution >= 4 is 22.6 Å². The molecule has 22 heavy (non-hydrogen) atoms. The van der Waals surface area contributed by atoms with Crippen molar-refractivity contribution in [1.82, 2.24) is 20.1 Å². The van der Waals surface area contributed by atoms with E-state index in [-0.39, 0.29) is 5.82 Å². The van der Waals surface area contributed by atoms with E-state index in [0.29, 0.717) is 22.0 Å². The molecule has 0 spiro atoms. The summed E-state index contributed by atoms with van der Waals surface area (Å²) in [6.45, 7) is 0. The Morgan fingerprint density at radius 2 is 2.00 bits per heavy atom. The molecule has 0 fully saturated rings. The number of halogens is 1. The number of hydrogen-bond acceptors (Lipinski definition) is 6. The molecule has 3 heterocycles. The van der Waals surface area contributed by atoms with Gasteiger partial charge in [0.25, 0.3) is 0 Å². The fourth-order valence-electron chi connectivity index (χ4n) is 2.17. The number of aromatic nitrogens is 4. The zero-order chi connectivity index (χ0) is 15.1. The third-order valence-corrected chi connectivity index (χ3v) is 3.43. The van der Waals surface area contributed by atoms with Crippen molar-refractivity contribution in [2.45, 2.75) is 0 Å². The van der Waals surface area contributed by atoms with Crippen LogP contribution in [0.15, 0.2) is 50.6 Å². The fourth-order valence-corrected chi connectivity index (χ4v) is 2.44. The van der Waals surface area contributed by atoms with E-state index in [9.17, 15) is 4.79 Å². The van der Waals surface area contributed by atoms with Crippen molar-refractivity contribution in [2.24, 2.45) is 0 Å². The molecule has 0 unspecified atom stereocenters. The quantitative estimate of drug-likeness (QED) is 0.611. The van der Waals surface area contributed by atoms with Crippen LogP contribution in [0.2, 0.25) is 5.02 Å². The van der Waals surface area contributed by atoms with Gasteiger partial charge in [-0.05, 0) is 24.3 Å². The van der Waals surface area contributed by atoms with Gasteiger partial charge in [-0.15, -0.1) is 0 Å². The van der Waals surface area contributed by atoms with Crippen LogP contribution in [-0.2, 0) is 0 Å². The van der Waals surface area contributed by atoms with E-state index >= 15 is 0 Å². The van der Waals surface area contributed by atoms with Gasteiger partial charge in [-0.25, -0.2) is 14.8 Å². The zero-order valence-corrected chi connectivity index (χ0v) is 11.7. The molecule has 0 atom stereocenters. The minimum atomic E-state index is -0.641. The van der Waals surface area contributed by atoms with Crippen LogP contribution < -0.4 is 5.76 Å². The minimum Gasteiger partial charge on any atom is -0.463 e. The van der Waals surface area contributed by atoms with Crippen LogP contribution in [0.5, 0.6) is 0 Å². The second-order valence-corrected chi connectivity index (χ2v) is 4.94. The van der Waals surface area contributed by atoms with Gasteiger partial charge in [-0.1, -0.05) is 16.8 Å². The predicted molar refractivity (Wildman–Crippen MR) is 78.4 cm³/mol. The van der Waals surface area contributed by atoms with E-state index < -0.39 is 5.76 Å². The molecule has 0 radical (unpaired) electrons. The van der Waals surface area contributed by atoms with E-state index in [1.807, 2.05) is 12.1 Å². The molecule has 108 valence electrons. The highest BCUT2D eigenvalue weighted by Crippen LogP contribution is 2.31. The Morgan fingerprint density at radius 1 is 1.14 bits per heavy atom. The highest BCUT2D eigenvalue weighted by molar-refractivity contribution is 6.35. The second kappa shape index (κ2) is 4.81. The number of rotatable bonds is 2. The molecule has 4 aromatic rings. The second-order valence-electron chi connectivity index (χ2n) is 4.53. The molecule has 7 nitrogen and oxygen atoms in total. The van der Waals surface area contributed by atoms with Gasteiger partial charge in [0.05, 0.1) is 17.0 Å². The molecular weight excluding hydrogens is 308 g/mol. The van der Waals surface area contributed by atoms with Gasteiger partial charge < -0.3 is 4.42 Å². The highest BCUT2D eigenvalue weighted by Gasteiger charge is 2.11. The van der Waals surface area contributed by atoms with E-state index in [1.54, 1.807) is 18.4 Å². The Bertz CT molecular complexity index is 1030. The van der Waals surface area contributed by atoms with Crippen molar-refractivity contribution in [3.05, 3.63) is 52.4 Å². The average molecular weight is 315 g/mol. The van der Waals surface area contributed by atoms with Gasteiger partial charge >= 0.3 is 5.76 Å². The normalized spacial score (nSPS) is 11.1. The fraction of sp³-hybridized carbons (Fsp3) is 0. The summed E-state index contributed by atoms with van der Waals surface area (Å²) < 4.78 is 9.78. The molecule has 0 aliphatic rings. The van der Waals surface area contributed by atoms with Crippen LogP contribution >= 0.6 is 11.6 Å². The van der Waals surface area contributed by atoms with E-state index in [0.717, 1.165) is 10.9 Å². The molecule has 1 N–H and O–H groups in total. The van der Waals surface area contributed by atoms with E-state index in [1.165, 1.54) is 6.33 Å². The Kier molecular flexibility index (Phi) is 2.80. The van der Waals surface area contributed by atoms with Gasteiger partial charge in [0.15, 0.2) is 5.58 Å². The van der Waals surface area contributed by atoms with Crippen LogP contribution in [-0.4, -0.2) is 20.1 Å². The number of nitrogens with zero attached hydrogens (tertiary/aromatic N) is 3. The Labute approximate surface area is 127 Å². The third-order valence-electron chi connectivity index (χ3n) is 3.15. The van der Waals surface area contributed by atoms with Crippen molar-refractivity contribution in [1.29, 1.82) is 0 Å². The molecule has 0 saturated carbocycles. The first-order chi connectivity index (χ1) is 10.7. The molecule has 3 aromatic heterocycles. The standard InChI is InChI=1S/C14H7ClN4O3/c15-9-4-8(3-7-1-2-21-12(7)9)10-5-11(17-6-16-10)13-18-14(20)22-19-13/h1-6H,(H,18,19,20). The van der Waals surface area contributed by atoms with Gasteiger partial charge in [-0.2, -0.15) is 0 Å². The largest absolute Gasteiger partial charge is 0.463 e. The van der Waals surface area contributed by atoms with Crippen LogP contribution in [0, 0.1) is 0 Å². The summed E-state index contributed by atoms with van der Waals surface area (Å²) in [6, 6.07) is 7.17. The van der Waals surface area contributed by atoms with E-state index in [2.05, 4.69) is 24.6 Å². The molecular formula is C14H7ClN4O3. The molecule has 0 aliphatic heterocycles. The first-order valence-electron chi connectivity index (χ1n) is 6.26. The summed E-state index contributed by atoms with van der Waals surface area (Å²) in [5.41, 5.74) is 2.51. The summed E-state index contributed by atoms with van der Waals surface area (Å²) in [7, 11) is 0. The molecule has 0 saturated heterocycles. The van der Waals surface area contributed by atoms with Crippen molar-refractivity contribution in [2.75, 3.05) is 0 Å². The SMILES string of the molecule is O=c1[nH]c(-c2cc(-c3cc(Cl)c4occc4c3)ncn2)no1. The summed E-state index contributed by atoms with van der Waals surface area (Å²) in [5.74, 6) is -0.401. The lowest BCUT2D eigenvalue weighted by atomic mass is 10.1. The molecule has 4 rings (SSSR count). The summed E-state index contributed by atoms with van der Waals surface area (Å²) in [4.78, 5) is 21.8. The molecule has 1 aromatic carbocycles. The van der Waals surface area contributed by atoms with Crippen molar-refractivity contribution in [3.63, 3.8) is 0 Å². The van der Waals surface area contributed by atoms with Crippen LogP contribution in [0.25, 0.3) is 33.7 Å². The predicted octanol–water partition coefficient (Wildman–Crippen LogP) is 2.89. The van der Waals surface area contributed by atoms with Crippen molar-refractivity contribution in [3.8, 4) is 22.8 Å². The lowest BCUT2D eigenvalue weighted by molar-refractivity contribution is 0.387. The number of H-pyrrole nitrogens is 1. The molecule has 0 amide bonds. The number of nitrogens with one attached hydrogen (secondary N) is 1. The average Bonchev–Trinajstić information content (AvgIpc) is 3.16. The summed E-state index contributed by atoms with van der Waals surface area (Å²) in [5, 5.41) is 4.97. The highest BCUT2D eigenvalue weighted by atomic mass is 35.5. The first kappa shape index (κ1) is 12.8. The lowest BCUT2D eigenvalue weighted by Crippen LogP contribution is -1.96. The smallest absolute Gasteiger partial charge is 0.439 e. The topological polar surface area (TPSA) is 97.8 Å². The van der Waals surface area contributed by atoms with Crippen LogP contribution in [0.1, 0.15) is 0 Å². The monoisotopic (exact) mass is 314 g/mol. The number of hydrogen-bond donors (Lipinski definition) is 1. The summed E-state index contributed by atoms with van der Waals surface area (Å²) in [6.07, 6.45) is 2.96. The number of furan rings is 1. The van der Waals surface area contributed by atoms with Gasteiger partial charge in [0.2, 0.25) is 5.82 Å². The number of aromatic amines is 1. The van der Waals surface area contributed by atoms with Crippen LogP contribution in [0.3, 0.4) is 0 Å². The summed E-state index contributed by atoms with van der Waals surface area (Å²) >= 11 is 6.20. The Morgan fingerprint density at radius 3 is 2.82 bits per heavy atom. The maximum atomic E-state index is 11.0. The van der Waals surface area contributed by atoms with Crippen LogP contribution in [0.4, 0.5) is 0 Å². The van der Waals surface area contributed by atoms with Crippen molar-refractivity contribution < 1.29 is 8.94 Å².